The van der Waals surface area contributed by atoms with E-state index in [0.29, 0.717) is 10.6 Å². The van der Waals surface area contributed by atoms with E-state index in [0.717, 1.165) is 42.0 Å². The minimum absolute atomic E-state index is 0.0873. The first-order valence-electron chi connectivity index (χ1n) is 9.83. The van der Waals surface area contributed by atoms with Crippen LogP contribution in [0.15, 0.2) is 72.0 Å². The Morgan fingerprint density at radius 1 is 1.10 bits per heavy atom. The fourth-order valence-corrected chi connectivity index (χ4v) is 3.73. The topological polar surface area (TPSA) is 73.0 Å². The smallest absolute Gasteiger partial charge is 0.216 e. The van der Waals surface area contributed by atoms with Crippen LogP contribution in [0.1, 0.15) is 30.3 Å². The van der Waals surface area contributed by atoms with Crippen LogP contribution in [0.2, 0.25) is 0 Å². The van der Waals surface area contributed by atoms with Gasteiger partial charge in [-0.3, -0.25) is 5.10 Å². The van der Waals surface area contributed by atoms with Gasteiger partial charge in [0.25, 0.3) is 0 Å². The maximum atomic E-state index is 5.76. The van der Waals surface area contributed by atoms with Crippen molar-refractivity contribution in [3.05, 3.63) is 83.0 Å². The highest BCUT2D eigenvalue weighted by Crippen LogP contribution is 2.27. The van der Waals surface area contributed by atoms with Crippen molar-refractivity contribution in [2.45, 2.75) is 18.9 Å². The molecule has 0 amide bonds. The molecule has 0 bridgehead atoms. The number of rotatable bonds is 5. The second kappa shape index (κ2) is 8.17. The van der Waals surface area contributed by atoms with Gasteiger partial charge in [-0.2, -0.15) is 20.0 Å². The van der Waals surface area contributed by atoms with E-state index < -0.39 is 0 Å². The third-order valence-electron chi connectivity index (χ3n) is 5.02. The van der Waals surface area contributed by atoms with Crippen molar-refractivity contribution in [3.8, 4) is 16.9 Å². The second-order valence-corrected chi connectivity index (χ2v) is 7.41. The average Bonchev–Trinajstić information content (AvgIpc) is 3.54. The van der Waals surface area contributed by atoms with Gasteiger partial charge in [0.05, 0.1) is 11.9 Å². The summed E-state index contributed by atoms with van der Waals surface area (Å²) in [4.78, 5) is 0. The molecule has 8 heteroatoms. The largest absolute Gasteiger partial charge is 0.370 e. The van der Waals surface area contributed by atoms with E-state index in [1.807, 2.05) is 71.5 Å². The van der Waals surface area contributed by atoms with Crippen molar-refractivity contribution in [2.75, 3.05) is 6.61 Å². The molecule has 30 heavy (non-hydrogen) atoms. The molecule has 7 nitrogen and oxygen atoms in total. The van der Waals surface area contributed by atoms with Crippen molar-refractivity contribution in [2.24, 2.45) is 5.10 Å². The van der Waals surface area contributed by atoms with Crippen molar-refractivity contribution in [1.82, 2.24) is 24.7 Å². The van der Waals surface area contributed by atoms with E-state index >= 15 is 0 Å². The van der Waals surface area contributed by atoms with Crippen molar-refractivity contribution < 1.29 is 4.74 Å². The molecule has 2 aromatic carbocycles. The zero-order valence-corrected chi connectivity index (χ0v) is 17.0. The van der Waals surface area contributed by atoms with Crippen LogP contribution in [0.3, 0.4) is 0 Å². The normalized spacial score (nSPS) is 16.5. The lowest BCUT2D eigenvalue weighted by Gasteiger charge is -2.07. The van der Waals surface area contributed by atoms with Gasteiger partial charge in [-0.1, -0.05) is 48.5 Å². The summed E-state index contributed by atoms with van der Waals surface area (Å²) in [5, 5.41) is 16.6. The fraction of sp³-hybridized carbons (Fsp3) is 0.182. The zero-order chi connectivity index (χ0) is 20.3. The summed E-state index contributed by atoms with van der Waals surface area (Å²) in [5.74, 6) is 0.700. The standard InChI is InChI=1S/C22H20N6OS/c30-22-25-24-21(19-12-7-13-29-19)28(22)23-14-17-15-27(18-10-5-2-6-11-18)26-20(17)16-8-3-1-4-9-16/h1-6,8-11,14-15,19H,7,12-13H2,(H,25,30)/b23-14-/t19-/m1/s1. The molecule has 0 radical (unpaired) electrons. The molecule has 0 saturated carbocycles. The number of ether oxygens (including phenoxy) is 1. The van der Waals surface area contributed by atoms with E-state index in [4.69, 9.17) is 22.1 Å². The Labute approximate surface area is 178 Å². The predicted molar refractivity (Wildman–Crippen MR) is 117 cm³/mol. The third-order valence-corrected chi connectivity index (χ3v) is 5.28. The number of H-pyrrole nitrogens is 1. The first kappa shape index (κ1) is 18.7. The first-order valence-corrected chi connectivity index (χ1v) is 10.2. The van der Waals surface area contributed by atoms with Gasteiger partial charge >= 0.3 is 0 Å². The molecule has 4 aromatic rings. The molecule has 5 rings (SSSR count). The number of nitrogens with one attached hydrogen (secondary N) is 1. The summed E-state index contributed by atoms with van der Waals surface area (Å²) < 4.78 is 9.70. The van der Waals surface area contributed by atoms with Crippen molar-refractivity contribution >= 4 is 18.4 Å². The van der Waals surface area contributed by atoms with E-state index in [1.165, 1.54) is 0 Å². The lowest BCUT2D eigenvalue weighted by Crippen LogP contribution is -2.05. The average molecular weight is 417 g/mol. The highest BCUT2D eigenvalue weighted by Gasteiger charge is 2.23. The van der Waals surface area contributed by atoms with E-state index in [1.54, 1.807) is 10.9 Å². The summed E-state index contributed by atoms with van der Waals surface area (Å²) >= 11 is 5.39. The maximum Gasteiger partial charge on any atom is 0.216 e. The number of aromatic nitrogens is 5. The highest BCUT2D eigenvalue weighted by molar-refractivity contribution is 7.71. The Morgan fingerprint density at radius 3 is 2.60 bits per heavy atom. The van der Waals surface area contributed by atoms with Gasteiger partial charge < -0.3 is 4.74 Å². The van der Waals surface area contributed by atoms with Gasteiger partial charge in [0.1, 0.15) is 11.8 Å². The summed E-state index contributed by atoms with van der Waals surface area (Å²) in [6.07, 6.45) is 5.58. The van der Waals surface area contributed by atoms with Crippen LogP contribution in [0, 0.1) is 4.77 Å². The van der Waals surface area contributed by atoms with Gasteiger partial charge in [-0.25, -0.2) is 4.68 Å². The van der Waals surface area contributed by atoms with Crippen LogP contribution in [-0.2, 0) is 4.74 Å². The third kappa shape index (κ3) is 3.62. The molecule has 0 unspecified atom stereocenters. The number of para-hydroxylation sites is 1. The highest BCUT2D eigenvalue weighted by atomic mass is 32.1. The summed E-state index contributed by atoms with van der Waals surface area (Å²) in [6, 6.07) is 20.1. The molecule has 3 heterocycles. The van der Waals surface area contributed by atoms with Crippen LogP contribution < -0.4 is 0 Å². The molecule has 1 saturated heterocycles. The molecular weight excluding hydrogens is 396 g/mol. The second-order valence-electron chi connectivity index (χ2n) is 7.02. The van der Waals surface area contributed by atoms with Gasteiger partial charge in [-0.15, -0.1) is 0 Å². The number of aromatic amines is 1. The Kier molecular flexibility index (Phi) is 5.08. The minimum Gasteiger partial charge on any atom is -0.370 e. The lowest BCUT2D eigenvalue weighted by atomic mass is 10.1. The molecule has 1 atom stereocenters. The number of nitrogens with zero attached hydrogens (tertiary/aromatic N) is 5. The minimum atomic E-state index is -0.0873. The molecule has 0 aliphatic carbocycles. The van der Waals surface area contributed by atoms with E-state index in [9.17, 15) is 0 Å². The quantitative estimate of drug-likeness (QED) is 0.383. The number of hydrogen-bond donors (Lipinski definition) is 1. The summed E-state index contributed by atoms with van der Waals surface area (Å²) in [5.41, 5.74) is 3.72. The van der Waals surface area contributed by atoms with Crippen molar-refractivity contribution in [1.29, 1.82) is 0 Å². The van der Waals surface area contributed by atoms with Crippen LogP contribution in [-0.4, -0.2) is 37.5 Å². The van der Waals surface area contributed by atoms with Gasteiger partial charge in [-0.05, 0) is 37.2 Å². The first-order chi connectivity index (χ1) is 14.8. The monoisotopic (exact) mass is 416 g/mol. The molecule has 1 fully saturated rings. The molecule has 1 N–H and O–H groups in total. The van der Waals surface area contributed by atoms with Gasteiger partial charge in [0.2, 0.25) is 4.77 Å². The van der Waals surface area contributed by atoms with E-state index in [2.05, 4.69) is 15.3 Å². The summed E-state index contributed by atoms with van der Waals surface area (Å²) in [6.45, 7) is 0.732. The Hall–Kier alpha value is -3.36. The zero-order valence-electron chi connectivity index (χ0n) is 16.2. The van der Waals surface area contributed by atoms with Gasteiger partial charge in [0, 0.05) is 23.9 Å². The number of hydrogen-bond acceptors (Lipinski definition) is 5. The molecule has 150 valence electrons. The molecular formula is C22H20N6OS. The Morgan fingerprint density at radius 2 is 1.87 bits per heavy atom. The maximum absolute atomic E-state index is 5.76. The predicted octanol–water partition coefficient (Wildman–Crippen LogP) is 4.53. The Bertz CT molecular complexity index is 1220. The molecule has 1 aliphatic heterocycles. The summed E-state index contributed by atoms with van der Waals surface area (Å²) in [7, 11) is 0. The lowest BCUT2D eigenvalue weighted by molar-refractivity contribution is 0.102. The number of benzene rings is 2. The van der Waals surface area contributed by atoms with Crippen LogP contribution in [0.5, 0.6) is 0 Å². The molecule has 1 aliphatic rings. The molecule has 0 spiro atoms. The SMILES string of the molecule is S=c1[nH]nc([C@H]2CCCO2)n1/N=C\c1cn(-c2ccccc2)nc1-c1ccccc1. The Balaban J connectivity index is 1.57. The van der Waals surface area contributed by atoms with Crippen LogP contribution in [0.4, 0.5) is 0 Å². The fourth-order valence-electron chi connectivity index (χ4n) is 3.54. The van der Waals surface area contributed by atoms with Crippen LogP contribution in [0.25, 0.3) is 16.9 Å². The van der Waals surface area contributed by atoms with Crippen molar-refractivity contribution in [3.63, 3.8) is 0 Å². The van der Waals surface area contributed by atoms with E-state index in [-0.39, 0.29) is 6.10 Å². The molecule has 2 aromatic heterocycles. The van der Waals surface area contributed by atoms with Gasteiger partial charge in [0.15, 0.2) is 5.82 Å². The van der Waals surface area contributed by atoms with Crippen LogP contribution >= 0.6 is 12.2 Å².